The van der Waals surface area contributed by atoms with E-state index in [1.165, 1.54) is 5.56 Å². The molecule has 6 nitrogen and oxygen atoms in total. The van der Waals surface area contributed by atoms with Crippen molar-refractivity contribution in [3.8, 4) is 0 Å². The van der Waals surface area contributed by atoms with Gasteiger partial charge in [-0.25, -0.2) is 0 Å². The molecule has 0 saturated heterocycles. The molecule has 2 heterocycles. The Morgan fingerprint density at radius 2 is 1.97 bits per heavy atom. The molecule has 2 aliphatic rings. The van der Waals surface area contributed by atoms with Crippen LogP contribution in [-0.4, -0.2) is 38.5 Å². The van der Waals surface area contributed by atoms with Crippen LogP contribution >= 0.6 is 0 Å². The van der Waals surface area contributed by atoms with Gasteiger partial charge in [0.05, 0.1) is 17.3 Å². The van der Waals surface area contributed by atoms with Gasteiger partial charge in [-0.2, -0.15) is 5.10 Å². The van der Waals surface area contributed by atoms with Crippen molar-refractivity contribution < 1.29 is 9.59 Å². The van der Waals surface area contributed by atoms with Crippen LogP contribution in [0.15, 0.2) is 48.7 Å². The van der Waals surface area contributed by atoms with E-state index in [1.54, 1.807) is 6.20 Å². The number of nitrogens with zero attached hydrogens (tertiary/aromatic N) is 2. The van der Waals surface area contributed by atoms with Gasteiger partial charge in [-0.15, -0.1) is 0 Å². The largest absolute Gasteiger partial charge is 0.351 e. The van der Waals surface area contributed by atoms with E-state index in [2.05, 4.69) is 34.6 Å². The number of aromatic amines is 1. The van der Waals surface area contributed by atoms with E-state index < -0.39 is 0 Å². The van der Waals surface area contributed by atoms with E-state index >= 15 is 0 Å². The van der Waals surface area contributed by atoms with Gasteiger partial charge in [0.1, 0.15) is 0 Å². The fourth-order valence-corrected chi connectivity index (χ4v) is 4.23. The molecule has 148 valence electrons. The zero-order valence-corrected chi connectivity index (χ0v) is 16.4. The number of rotatable bonds is 4. The summed E-state index contributed by atoms with van der Waals surface area (Å²) in [5.74, 6) is -0.0318. The molecule has 1 saturated carbocycles. The summed E-state index contributed by atoms with van der Waals surface area (Å²) in [6.07, 6.45) is 4.75. The van der Waals surface area contributed by atoms with Crippen LogP contribution in [0.2, 0.25) is 0 Å². The molecule has 3 aromatic rings. The molecule has 1 aliphatic heterocycles. The molecule has 5 rings (SSSR count). The van der Waals surface area contributed by atoms with Gasteiger partial charge in [0, 0.05) is 29.9 Å². The molecule has 2 amide bonds. The lowest BCUT2D eigenvalue weighted by Gasteiger charge is -2.37. The van der Waals surface area contributed by atoms with Gasteiger partial charge in [0.25, 0.3) is 5.91 Å². The highest BCUT2D eigenvalue weighted by molar-refractivity contribution is 6.06. The Kier molecular flexibility index (Phi) is 4.15. The standard InChI is InChI=1S/C23H24N4O2/c1-23(9-10-23)25-21(28)12-17-11-15-5-2-3-6-16(15)14-27(17)22(29)18-7-4-8-20-19(18)13-24-26-20/h2-8,13,17H,9-12,14H2,1H3,(H,24,26)(H,25,28). The van der Waals surface area contributed by atoms with Crippen molar-refractivity contribution in [2.24, 2.45) is 0 Å². The predicted molar refractivity (Wildman–Crippen MR) is 110 cm³/mol. The van der Waals surface area contributed by atoms with Gasteiger partial charge in [0.15, 0.2) is 0 Å². The lowest BCUT2D eigenvalue weighted by atomic mass is 9.91. The lowest BCUT2D eigenvalue weighted by molar-refractivity contribution is -0.123. The van der Waals surface area contributed by atoms with Crippen molar-refractivity contribution in [1.29, 1.82) is 0 Å². The number of hydrogen-bond donors (Lipinski definition) is 2. The summed E-state index contributed by atoms with van der Waals surface area (Å²) in [4.78, 5) is 28.1. The van der Waals surface area contributed by atoms with Crippen LogP contribution in [0.1, 0.15) is 47.7 Å². The van der Waals surface area contributed by atoms with E-state index in [9.17, 15) is 9.59 Å². The van der Waals surface area contributed by atoms with Crippen molar-refractivity contribution in [3.05, 3.63) is 65.4 Å². The van der Waals surface area contributed by atoms with Gasteiger partial charge in [0.2, 0.25) is 5.91 Å². The molecule has 1 atom stereocenters. The number of H-pyrrole nitrogens is 1. The summed E-state index contributed by atoms with van der Waals surface area (Å²) in [5.41, 5.74) is 3.76. The SMILES string of the molecule is CC1(NC(=O)CC2Cc3ccccc3CN2C(=O)c2cccc3[nH]ncc23)CC1. The van der Waals surface area contributed by atoms with Crippen LogP contribution in [-0.2, 0) is 17.8 Å². The molecule has 2 N–H and O–H groups in total. The summed E-state index contributed by atoms with van der Waals surface area (Å²) < 4.78 is 0. The average Bonchev–Trinajstić information content (AvgIpc) is 3.24. The minimum absolute atomic E-state index is 0.0219. The minimum atomic E-state index is -0.165. The molecule has 0 spiro atoms. The molecule has 1 aromatic heterocycles. The first-order valence-corrected chi connectivity index (χ1v) is 10.1. The van der Waals surface area contributed by atoms with Gasteiger partial charge >= 0.3 is 0 Å². The number of fused-ring (bicyclic) bond motifs is 2. The van der Waals surface area contributed by atoms with Crippen molar-refractivity contribution in [1.82, 2.24) is 20.4 Å². The molecule has 1 fully saturated rings. The third-order valence-corrected chi connectivity index (χ3v) is 6.19. The highest BCUT2D eigenvalue weighted by Crippen LogP contribution is 2.35. The van der Waals surface area contributed by atoms with Gasteiger partial charge in [-0.1, -0.05) is 30.3 Å². The number of hydrogen-bond acceptors (Lipinski definition) is 3. The third kappa shape index (κ3) is 3.39. The molecule has 0 radical (unpaired) electrons. The lowest BCUT2D eigenvalue weighted by Crippen LogP contribution is -2.47. The third-order valence-electron chi connectivity index (χ3n) is 6.19. The zero-order valence-electron chi connectivity index (χ0n) is 16.4. The topological polar surface area (TPSA) is 78.1 Å². The first-order chi connectivity index (χ1) is 14.0. The summed E-state index contributed by atoms with van der Waals surface area (Å²) in [7, 11) is 0. The Labute approximate surface area is 169 Å². The second-order valence-electron chi connectivity index (χ2n) is 8.51. The van der Waals surface area contributed by atoms with Crippen LogP contribution in [0.5, 0.6) is 0 Å². The minimum Gasteiger partial charge on any atom is -0.351 e. The summed E-state index contributed by atoms with van der Waals surface area (Å²) in [5, 5.41) is 10.9. The first kappa shape index (κ1) is 17.9. The predicted octanol–water partition coefficient (Wildman–Crippen LogP) is 3.19. The molecule has 1 unspecified atom stereocenters. The summed E-state index contributed by atoms with van der Waals surface area (Å²) in [6.45, 7) is 2.59. The van der Waals surface area contributed by atoms with Crippen molar-refractivity contribution in [2.45, 2.75) is 50.7 Å². The number of aromatic nitrogens is 2. The smallest absolute Gasteiger partial charge is 0.255 e. The quantitative estimate of drug-likeness (QED) is 0.721. The van der Waals surface area contributed by atoms with E-state index in [4.69, 9.17) is 0 Å². The Balaban J connectivity index is 1.46. The molecule has 6 heteroatoms. The molecular weight excluding hydrogens is 364 g/mol. The molecule has 2 aromatic carbocycles. The van der Waals surface area contributed by atoms with E-state index in [1.807, 2.05) is 35.2 Å². The van der Waals surface area contributed by atoms with Gasteiger partial charge in [-0.05, 0) is 49.4 Å². The zero-order chi connectivity index (χ0) is 20.0. The van der Waals surface area contributed by atoms with Crippen LogP contribution in [0, 0.1) is 0 Å². The number of benzene rings is 2. The monoisotopic (exact) mass is 388 g/mol. The van der Waals surface area contributed by atoms with Gasteiger partial charge in [-0.3, -0.25) is 14.7 Å². The maximum Gasteiger partial charge on any atom is 0.255 e. The molecular formula is C23H24N4O2. The van der Waals surface area contributed by atoms with Crippen LogP contribution in [0.25, 0.3) is 10.9 Å². The fourth-order valence-electron chi connectivity index (χ4n) is 4.23. The normalized spacial score (nSPS) is 19.6. The Morgan fingerprint density at radius 3 is 2.76 bits per heavy atom. The van der Waals surface area contributed by atoms with E-state index in [-0.39, 0.29) is 23.4 Å². The van der Waals surface area contributed by atoms with Crippen LogP contribution < -0.4 is 5.32 Å². The summed E-state index contributed by atoms with van der Waals surface area (Å²) in [6, 6.07) is 13.6. The fraction of sp³-hybridized carbons (Fsp3) is 0.348. The van der Waals surface area contributed by atoms with Crippen molar-refractivity contribution >= 4 is 22.7 Å². The number of amides is 2. The molecule has 29 heavy (non-hydrogen) atoms. The van der Waals surface area contributed by atoms with Crippen LogP contribution in [0.4, 0.5) is 0 Å². The molecule has 1 aliphatic carbocycles. The summed E-state index contributed by atoms with van der Waals surface area (Å²) >= 11 is 0. The highest BCUT2D eigenvalue weighted by Gasteiger charge is 2.40. The Bertz CT molecular complexity index is 1100. The van der Waals surface area contributed by atoms with Crippen molar-refractivity contribution in [2.75, 3.05) is 0 Å². The average molecular weight is 388 g/mol. The molecule has 0 bridgehead atoms. The number of carbonyl (C=O) groups excluding carboxylic acids is 2. The van der Waals surface area contributed by atoms with Crippen molar-refractivity contribution in [3.63, 3.8) is 0 Å². The Hall–Kier alpha value is -3.15. The second-order valence-corrected chi connectivity index (χ2v) is 8.51. The maximum atomic E-state index is 13.6. The number of nitrogens with one attached hydrogen (secondary N) is 2. The van der Waals surface area contributed by atoms with Gasteiger partial charge < -0.3 is 10.2 Å². The van der Waals surface area contributed by atoms with E-state index in [0.717, 1.165) is 29.3 Å². The highest BCUT2D eigenvalue weighted by atomic mass is 16.2. The Morgan fingerprint density at radius 1 is 1.17 bits per heavy atom. The maximum absolute atomic E-state index is 13.6. The van der Waals surface area contributed by atoms with E-state index in [0.29, 0.717) is 24.9 Å². The first-order valence-electron chi connectivity index (χ1n) is 10.1. The van der Waals surface area contributed by atoms with Crippen LogP contribution in [0.3, 0.4) is 0 Å². The number of carbonyl (C=O) groups is 2. The second kappa shape index (κ2) is 6.72.